The molecule has 0 aliphatic carbocycles. The van der Waals surface area contributed by atoms with E-state index in [-0.39, 0.29) is 11.4 Å². The third-order valence-corrected chi connectivity index (χ3v) is 4.94. The SMILES string of the molecule is O=[N+]([O-])c1ccccc1OCCSc1ncnc2c1cnn2-c1ccccc1. The molecule has 0 unspecified atom stereocenters. The number of rotatable bonds is 7. The van der Waals surface area contributed by atoms with Gasteiger partial charge in [-0.3, -0.25) is 10.1 Å². The van der Waals surface area contributed by atoms with Crippen molar-refractivity contribution in [3.05, 3.63) is 77.2 Å². The van der Waals surface area contributed by atoms with Gasteiger partial charge in [-0.05, 0) is 18.2 Å². The molecule has 28 heavy (non-hydrogen) atoms. The number of aromatic nitrogens is 4. The second kappa shape index (κ2) is 8.05. The van der Waals surface area contributed by atoms with E-state index < -0.39 is 4.92 Å². The maximum Gasteiger partial charge on any atom is 0.310 e. The molecule has 0 aliphatic rings. The molecule has 0 amide bonds. The Balaban J connectivity index is 1.46. The molecular formula is C19H15N5O3S. The Morgan fingerprint density at radius 2 is 1.86 bits per heavy atom. The number of fused-ring (bicyclic) bond motifs is 1. The Morgan fingerprint density at radius 1 is 1.07 bits per heavy atom. The van der Waals surface area contributed by atoms with Gasteiger partial charge in [-0.15, -0.1) is 11.8 Å². The van der Waals surface area contributed by atoms with Crippen molar-refractivity contribution in [1.29, 1.82) is 0 Å². The predicted molar refractivity (Wildman–Crippen MR) is 106 cm³/mol. The zero-order valence-electron chi connectivity index (χ0n) is 14.6. The zero-order chi connectivity index (χ0) is 19.3. The molecule has 0 aliphatic heterocycles. The van der Waals surface area contributed by atoms with E-state index in [2.05, 4.69) is 15.1 Å². The van der Waals surface area contributed by atoms with Gasteiger partial charge in [-0.1, -0.05) is 30.3 Å². The molecule has 140 valence electrons. The van der Waals surface area contributed by atoms with E-state index in [9.17, 15) is 10.1 Å². The van der Waals surface area contributed by atoms with E-state index in [0.717, 1.165) is 21.7 Å². The summed E-state index contributed by atoms with van der Waals surface area (Å²) in [6.45, 7) is 0.313. The van der Waals surface area contributed by atoms with Crippen LogP contribution in [0.2, 0.25) is 0 Å². The first-order valence-electron chi connectivity index (χ1n) is 8.47. The standard InChI is InChI=1S/C19H15N5O3S/c25-24(26)16-8-4-5-9-17(16)27-10-11-28-19-15-12-22-23(18(15)20-13-21-19)14-6-2-1-3-7-14/h1-9,12-13H,10-11H2. The second-order valence-electron chi connectivity index (χ2n) is 5.73. The van der Waals surface area contributed by atoms with E-state index in [1.807, 2.05) is 30.3 Å². The summed E-state index contributed by atoms with van der Waals surface area (Å²) in [7, 11) is 0. The van der Waals surface area contributed by atoms with Crippen LogP contribution in [0.3, 0.4) is 0 Å². The van der Waals surface area contributed by atoms with Crippen LogP contribution in [0.25, 0.3) is 16.7 Å². The van der Waals surface area contributed by atoms with Crippen LogP contribution < -0.4 is 4.74 Å². The normalized spacial score (nSPS) is 10.9. The van der Waals surface area contributed by atoms with Crippen molar-refractivity contribution in [2.45, 2.75) is 5.03 Å². The van der Waals surface area contributed by atoms with Gasteiger partial charge < -0.3 is 4.74 Å². The Hall–Kier alpha value is -3.46. The van der Waals surface area contributed by atoms with E-state index in [0.29, 0.717) is 12.4 Å². The largest absolute Gasteiger partial charge is 0.486 e. The van der Waals surface area contributed by atoms with Crippen molar-refractivity contribution in [3.63, 3.8) is 0 Å². The van der Waals surface area contributed by atoms with Crippen molar-refractivity contribution in [1.82, 2.24) is 19.7 Å². The number of nitro benzene ring substituents is 1. The average Bonchev–Trinajstić information content (AvgIpc) is 3.17. The van der Waals surface area contributed by atoms with Crippen LogP contribution in [0.4, 0.5) is 5.69 Å². The molecule has 8 nitrogen and oxygen atoms in total. The predicted octanol–water partition coefficient (Wildman–Crippen LogP) is 3.89. The lowest BCUT2D eigenvalue weighted by atomic mass is 10.3. The van der Waals surface area contributed by atoms with E-state index in [1.165, 1.54) is 24.2 Å². The van der Waals surface area contributed by atoms with Gasteiger partial charge in [0.15, 0.2) is 11.4 Å². The van der Waals surface area contributed by atoms with Crippen LogP contribution in [0.1, 0.15) is 0 Å². The number of hydrogen-bond acceptors (Lipinski definition) is 7. The molecule has 2 aromatic heterocycles. The number of para-hydroxylation sites is 3. The Labute approximate surface area is 164 Å². The smallest absolute Gasteiger partial charge is 0.310 e. The number of nitro groups is 1. The van der Waals surface area contributed by atoms with Crippen molar-refractivity contribution >= 4 is 28.5 Å². The highest BCUT2D eigenvalue weighted by atomic mass is 32.2. The lowest BCUT2D eigenvalue weighted by Gasteiger charge is -2.07. The highest BCUT2D eigenvalue weighted by Gasteiger charge is 2.14. The number of thioether (sulfide) groups is 1. The van der Waals surface area contributed by atoms with Crippen molar-refractivity contribution in [2.75, 3.05) is 12.4 Å². The van der Waals surface area contributed by atoms with Gasteiger partial charge in [0.2, 0.25) is 0 Å². The molecule has 0 saturated heterocycles. The van der Waals surface area contributed by atoms with Crippen LogP contribution in [-0.4, -0.2) is 37.0 Å². The van der Waals surface area contributed by atoms with Crippen molar-refractivity contribution < 1.29 is 9.66 Å². The fourth-order valence-electron chi connectivity index (χ4n) is 2.72. The van der Waals surface area contributed by atoms with Gasteiger partial charge in [-0.25, -0.2) is 14.6 Å². The van der Waals surface area contributed by atoms with Gasteiger partial charge in [-0.2, -0.15) is 5.10 Å². The summed E-state index contributed by atoms with van der Waals surface area (Å²) in [5.74, 6) is 0.840. The molecule has 0 spiro atoms. The maximum atomic E-state index is 11.0. The molecule has 0 N–H and O–H groups in total. The Kier molecular flexibility index (Phi) is 5.16. The lowest BCUT2D eigenvalue weighted by Crippen LogP contribution is -2.03. The number of benzene rings is 2. The Bertz CT molecular complexity index is 1120. The first-order chi connectivity index (χ1) is 13.7. The average molecular weight is 393 g/mol. The van der Waals surface area contributed by atoms with E-state index >= 15 is 0 Å². The van der Waals surface area contributed by atoms with Crippen LogP contribution in [0.5, 0.6) is 5.75 Å². The minimum absolute atomic E-state index is 0.0407. The zero-order valence-corrected chi connectivity index (χ0v) is 15.5. The summed E-state index contributed by atoms with van der Waals surface area (Å²) >= 11 is 1.49. The minimum atomic E-state index is -0.450. The molecule has 2 heterocycles. The monoisotopic (exact) mass is 393 g/mol. The molecule has 2 aromatic carbocycles. The molecule has 0 saturated carbocycles. The van der Waals surface area contributed by atoms with Crippen LogP contribution >= 0.6 is 11.8 Å². The van der Waals surface area contributed by atoms with Crippen molar-refractivity contribution in [3.8, 4) is 11.4 Å². The van der Waals surface area contributed by atoms with Crippen LogP contribution in [-0.2, 0) is 0 Å². The highest BCUT2D eigenvalue weighted by molar-refractivity contribution is 7.99. The van der Waals surface area contributed by atoms with Crippen molar-refractivity contribution in [2.24, 2.45) is 0 Å². The first-order valence-corrected chi connectivity index (χ1v) is 9.46. The fourth-order valence-corrected chi connectivity index (χ4v) is 3.50. The van der Waals surface area contributed by atoms with Gasteiger partial charge in [0.05, 0.1) is 28.8 Å². The summed E-state index contributed by atoms with van der Waals surface area (Å²) in [5, 5.41) is 17.1. The summed E-state index contributed by atoms with van der Waals surface area (Å²) in [5.41, 5.74) is 1.61. The van der Waals surface area contributed by atoms with Gasteiger partial charge >= 0.3 is 5.69 Å². The highest BCUT2D eigenvalue weighted by Crippen LogP contribution is 2.28. The number of nitrogens with zero attached hydrogens (tertiary/aromatic N) is 5. The summed E-state index contributed by atoms with van der Waals surface area (Å²) < 4.78 is 7.35. The quantitative estimate of drug-likeness (QED) is 0.154. The van der Waals surface area contributed by atoms with Gasteiger partial charge in [0.1, 0.15) is 11.4 Å². The fraction of sp³-hybridized carbons (Fsp3) is 0.105. The van der Waals surface area contributed by atoms with Gasteiger partial charge in [0, 0.05) is 11.8 Å². The topological polar surface area (TPSA) is 96.0 Å². The second-order valence-corrected chi connectivity index (χ2v) is 6.81. The number of ether oxygens (including phenoxy) is 1. The first kappa shape index (κ1) is 17.9. The molecule has 0 fully saturated rings. The summed E-state index contributed by atoms with van der Waals surface area (Å²) in [4.78, 5) is 19.3. The maximum absolute atomic E-state index is 11.0. The Morgan fingerprint density at radius 3 is 2.68 bits per heavy atom. The van der Waals surface area contributed by atoms with E-state index in [4.69, 9.17) is 4.74 Å². The van der Waals surface area contributed by atoms with E-state index in [1.54, 1.807) is 29.1 Å². The third-order valence-electron chi connectivity index (χ3n) is 3.97. The number of hydrogen-bond donors (Lipinski definition) is 0. The molecule has 0 radical (unpaired) electrons. The molecule has 0 bridgehead atoms. The van der Waals surface area contributed by atoms with Crippen LogP contribution in [0.15, 0.2) is 72.1 Å². The molecule has 4 aromatic rings. The lowest BCUT2D eigenvalue weighted by molar-refractivity contribution is -0.385. The molecule has 4 rings (SSSR count). The van der Waals surface area contributed by atoms with Crippen LogP contribution in [0, 0.1) is 10.1 Å². The minimum Gasteiger partial charge on any atom is -0.486 e. The molecule has 9 heteroatoms. The molecule has 0 atom stereocenters. The third kappa shape index (κ3) is 3.65. The van der Waals surface area contributed by atoms with Gasteiger partial charge in [0.25, 0.3) is 0 Å². The summed E-state index contributed by atoms with van der Waals surface area (Å²) in [6.07, 6.45) is 3.25. The molecular weight excluding hydrogens is 378 g/mol. The summed E-state index contributed by atoms with van der Waals surface area (Å²) in [6, 6.07) is 16.1.